The van der Waals surface area contributed by atoms with Crippen molar-refractivity contribution in [3.05, 3.63) is 53.3 Å². The van der Waals surface area contributed by atoms with Crippen molar-refractivity contribution in [2.24, 2.45) is 0 Å². The van der Waals surface area contributed by atoms with Crippen molar-refractivity contribution >= 4 is 33.2 Å². The van der Waals surface area contributed by atoms with Gasteiger partial charge in [0, 0.05) is 12.2 Å². The predicted octanol–water partition coefficient (Wildman–Crippen LogP) is 3.18. The monoisotopic (exact) mass is 400 g/mol. The smallest absolute Gasteiger partial charge is 0.262 e. The van der Waals surface area contributed by atoms with E-state index in [1.165, 1.54) is 36.4 Å². The van der Waals surface area contributed by atoms with Gasteiger partial charge in [0.25, 0.3) is 5.91 Å². The number of hydrogen-bond donors (Lipinski definition) is 2. The van der Waals surface area contributed by atoms with E-state index in [1.807, 2.05) is 6.92 Å². The number of amides is 1. The Balaban J connectivity index is 1.91. The molecular formula is C17H18ClFN2O4S. The minimum Gasteiger partial charge on any atom is -0.484 e. The number of nitrogens with one attached hydrogen (secondary N) is 2. The van der Waals surface area contributed by atoms with Crippen LogP contribution in [0.5, 0.6) is 5.75 Å². The van der Waals surface area contributed by atoms with Crippen LogP contribution in [0.2, 0.25) is 5.02 Å². The fraction of sp³-hybridized carbons (Fsp3) is 0.235. The van der Waals surface area contributed by atoms with Crippen LogP contribution in [0, 0.1) is 5.82 Å². The second kappa shape index (κ2) is 8.98. The van der Waals surface area contributed by atoms with Gasteiger partial charge in [-0.15, -0.1) is 0 Å². The van der Waals surface area contributed by atoms with E-state index in [0.717, 1.165) is 6.07 Å². The standard InChI is InChI=1S/C17H18ClFN2O4S/c1-2-9-20-26(23,24)14-6-4-13(5-7-14)25-11-17(22)21-12-3-8-16(19)15(18)10-12/h3-8,10,20H,2,9,11H2,1H3,(H,21,22). The predicted molar refractivity (Wildman–Crippen MR) is 97.5 cm³/mol. The summed E-state index contributed by atoms with van der Waals surface area (Å²) in [6, 6.07) is 9.52. The van der Waals surface area contributed by atoms with Crippen molar-refractivity contribution in [1.29, 1.82) is 0 Å². The Morgan fingerprint density at radius 1 is 1.19 bits per heavy atom. The molecule has 0 spiro atoms. The zero-order valence-electron chi connectivity index (χ0n) is 14.0. The van der Waals surface area contributed by atoms with Crippen LogP contribution >= 0.6 is 11.6 Å². The Morgan fingerprint density at radius 3 is 2.50 bits per heavy atom. The summed E-state index contributed by atoms with van der Waals surface area (Å²) in [7, 11) is -3.55. The maximum absolute atomic E-state index is 13.1. The van der Waals surface area contributed by atoms with Gasteiger partial charge in [-0.2, -0.15) is 0 Å². The van der Waals surface area contributed by atoms with Crippen LogP contribution in [0.3, 0.4) is 0 Å². The van der Waals surface area contributed by atoms with E-state index >= 15 is 0 Å². The summed E-state index contributed by atoms with van der Waals surface area (Å²) in [5.41, 5.74) is 0.341. The molecular weight excluding hydrogens is 383 g/mol. The second-order valence-corrected chi connectivity index (χ2v) is 7.51. The normalized spacial score (nSPS) is 11.2. The average Bonchev–Trinajstić information content (AvgIpc) is 2.62. The van der Waals surface area contributed by atoms with Crippen LogP contribution in [0.25, 0.3) is 0 Å². The molecule has 2 aromatic carbocycles. The highest BCUT2D eigenvalue weighted by Gasteiger charge is 2.13. The van der Waals surface area contributed by atoms with Gasteiger partial charge in [0.05, 0.1) is 9.92 Å². The molecule has 0 fully saturated rings. The number of hydrogen-bond acceptors (Lipinski definition) is 4. The van der Waals surface area contributed by atoms with Gasteiger partial charge in [-0.25, -0.2) is 17.5 Å². The van der Waals surface area contributed by atoms with Crippen molar-refractivity contribution in [3.63, 3.8) is 0 Å². The van der Waals surface area contributed by atoms with E-state index in [1.54, 1.807) is 0 Å². The maximum atomic E-state index is 13.1. The fourth-order valence-electron chi connectivity index (χ4n) is 1.95. The molecule has 0 atom stereocenters. The first-order chi connectivity index (χ1) is 12.3. The number of halogens is 2. The molecule has 2 N–H and O–H groups in total. The number of sulfonamides is 1. The molecule has 0 aliphatic carbocycles. The molecule has 0 saturated heterocycles. The van der Waals surface area contributed by atoms with E-state index < -0.39 is 21.7 Å². The van der Waals surface area contributed by atoms with Gasteiger partial charge in [0.15, 0.2) is 6.61 Å². The van der Waals surface area contributed by atoms with Crippen molar-refractivity contribution in [1.82, 2.24) is 4.72 Å². The molecule has 0 saturated carbocycles. The molecule has 0 unspecified atom stereocenters. The Kier molecular flexibility index (Phi) is 6.96. The van der Waals surface area contributed by atoms with Gasteiger partial charge in [-0.3, -0.25) is 4.79 Å². The molecule has 0 aliphatic heterocycles. The molecule has 6 nitrogen and oxygen atoms in total. The summed E-state index contributed by atoms with van der Waals surface area (Å²) in [5, 5.41) is 2.42. The van der Waals surface area contributed by atoms with E-state index in [2.05, 4.69) is 10.0 Å². The largest absolute Gasteiger partial charge is 0.484 e. The van der Waals surface area contributed by atoms with Gasteiger partial charge in [-0.1, -0.05) is 18.5 Å². The molecule has 2 aromatic rings. The van der Waals surface area contributed by atoms with Crippen LogP contribution in [0.4, 0.5) is 10.1 Å². The third-order valence-corrected chi connectivity index (χ3v) is 5.02. The quantitative estimate of drug-likeness (QED) is 0.712. The SMILES string of the molecule is CCCNS(=O)(=O)c1ccc(OCC(=O)Nc2ccc(F)c(Cl)c2)cc1. The zero-order valence-corrected chi connectivity index (χ0v) is 15.5. The molecule has 2 rings (SSSR count). The second-order valence-electron chi connectivity index (χ2n) is 5.33. The third-order valence-electron chi connectivity index (χ3n) is 3.25. The van der Waals surface area contributed by atoms with Crippen molar-refractivity contribution in [2.45, 2.75) is 18.2 Å². The summed E-state index contributed by atoms with van der Waals surface area (Å²) in [5.74, 6) is -0.704. The van der Waals surface area contributed by atoms with Crippen molar-refractivity contribution < 1.29 is 22.3 Å². The number of rotatable bonds is 8. The molecule has 0 bridgehead atoms. The summed E-state index contributed by atoms with van der Waals surface area (Å²) < 4.78 is 44.8. The van der Waals surface area contributed by atoms with Crippen molar-refractivity contribution in [3.8, 4) is 5.75 Å². The lowest BCUT2D eigenvalue weighted by Gasteiger charge is -2.09. The van der Waals surface area contributed by atoms with E-state index in [-0.39, 0.29) is 16.5 Å². The van der Waals surface area contributed by atoms with Gasteiger partial charge in [-0.05, 0) is 48.9 Å². The first-order valence-electron chi connectivity index (χ1n) is 7.79. The Labute approximate surface area is 156 Å². The summed E-state index contributed by atoms with van der Waals surface area (Å²) in [6.45, 7) is 1.92. The van der Waals surface area contributed by atoms with E-state index in [0.29, 0.717) is 24.4 Å². The molecule has 0 aromatic heterocycles. The number of benzene rings is 2. The lowest BCUT2D eigenvalue weighted by atomic mass is 10.3. The highest BCUT2D eigenvalue weighted by Crippen LogP contribution is 2.19. The fourth-order valence-corrected chi connectivity index (χ4v) is 3.27. The van der Waals surface area contributed by atoms with E-state index in [9.17, 15) is 17.6 Å². The van der Waals surface area contributed by atoms with Crippen LogP contribution in [-0.2, 0) is 14.8 Å². The summed E-state index contributed by atoms with van der Waals surface area (Å²) in [4.78, 5) is 12.0. The Morgan fingerprint density at radius 2 is 1.88 bits per heavy atom. The first kappa shape index (κ1) is 20.2. The van der Waals surface area contributed by atoms with Gasteiger partial charge in [0.1, 0.15) is 11.6 Å². The van der Waals surface area contributed by atoms with Gasteiger partial charge >= 0.3 is 0 Å². The third kappa shape index (κ3) is 5.69. The van der Waals surface area contributed by atoms with Crippen LogP contribution in [-0.4, -0.2) is 27.5 Å². The topological polar surface area (TPSA) is 84.5 Å². The molecule has 1 amide bonds. The molecule has 140 valence electrons. The zero-order chi connectivity index (χ0) is 19.2. The minimum absolute atomic E-state index is 0.0998. The molecule has 26 heavy (non-hydrogen) atoms. The Hall–Kier alpha value is -2.16. The van der Waals surface area contributed by atoms with E-state index in [4.69, 9.17) is 16.3 Å². The summed E-state index contributed by atoms with van der Waals surface area (Å²) in [6.07, 6.45) is 0.689. The number of ether oxygens (including phenoxy) is 1. The minimum atomic E-state index is -3.55. The molecule has 0 heterocycles. The number of carbonyl (C=O) groups is 1. The molecule has 9 heteroatoms. The molecule has 0 aliphatic rings. The van der Waals surface area contributed by atoms with Gasteiger partial charge < -0.3 is 10.1 Å². The maximum Gasteiger partial charge on any atom is 0.262 e. The number of carbonyl (C=O) groups excluding carboxylic acids is 1. The lowest BCUT2D eigenvalue weighted by molar-refractivity contribution is -0.118. The lowest BCUT2D eigenvalue weighted by Crippen LogP contribution is -2.24. The van der Waals surface area contributed by atoms with Crippen molar-refractivity contribution in [2.75, 3.05) is 18.5 Å². The average molecular weight is 401 g/mol. The number of anilines is 1. The molecule has 0 radical (unpaired) electrons. The highest BCUT2D eigenvalue weighted by molar-refractivity contribution is 7.89. The van der Waals surface area contributed by atoms with Crippen LogP contribution in [0.15, 0.2) is 47.4 Å². The van der Waals surface area contributed by atoms with Crippen LogP contribution < -0.4 is 14.8 Å². The Bertz CT molecular complexity index is 873. The highest BCUT2D eigenvalue weighted by atomic mass is 35.5. The van der Waals surface area contributed by atoms with Crippen LogP contribution in [0.1, 0.15) is 13.3 Å². The summed E-state index contributed by atoms with van der Waals surface area (Å²) >= 11 is 5.64. The first-order valence-corrected chi connectivity index (χ1v) is 9.65. The van der Waals surface area contributed by atoms with Gasteiger partial charge in [0.2, 0.25) is 10.0 Å².